The standard InChI is InChI=1S/C20H21Cl2N3O4S/c1-2-28-19(27)13-5-8-15(9-6-13)23-20(30)25-24-18(26)4-3-11-29-17-10-7-14(21)12-16(17)22/h5-10,12H,2-4,11H2,1H3,(H,24,26)(H2,23,25,30). The van der Waals surface area contributed by atoms with Crippen LogP contribution in [0.25, 0.3) is 0 Å². The van der Waals surface area contributed by atoms with Gasteiger partial charge in [0.25, 0.3) is 0 Å². The number of halogens is 2. The van der Waals surface area contributed by atoms with E-state index in [0.717, 1.165) is 0 Å². The van der Waals surface area contributed by atoms with Gasteiger partial charge in [0, 0.05) is 17.1 Å². The van der Waals surface area contributed by atoms with Crippen LogP contribution in [0.1, 0.15) is 30.1 Å². The molecule has 0 saturated heterocycles. The van der Waals surface area contributed by atoms with Gasteiger partial charge in [0.2, 0.25) is 5.91 Å². The first-order valence-electron chi connectivity index (χ1n) is 9.10. The molecule has 3 N–H and O–H groups in total. The lowest BCUT2D eigenvalue weighted by Crippen LogP contribution is -2.43. The number of nitrogens with one attached hydrogen (secondary N) is 3. The van der Waals surface area contributed by atoms with Crippen molar-refractivity contribution in [2.24, 2.45) is 0 Å². The van der Waals surface area contributed by atoms with Crippen LogP contribution in [0.4, 0.5) is 5.69 Å². The summed E-state index contributed by atoms with van der Waals surface area (Å²) in [5.74, 6) is -0.124. The molecule has 0 atom stereocenters. The van der Waals surface area contributed by atoms with Crippen molar-refractivity contribution >= 4 is 58.1 Å². The van der Waals surface area contributed by atoms with Gasteiger partial charge in [-0.3, -0.25) is 15.6 Å². The summed E-state index contributed by atoms with van der Waals surface area (Å²) in [6.45, 7) is 2.38. The summed E-state index contributed by atoms with van der Waals surface area (Å²) in [5, 5.41) is 4.05. The van der Waals surface area contributed by atoms with E-state index < -0.39 is 0 Å². The summed E-state index contributed by atoms with van der Waals surface area (Å²) >= 11 is 17.0. The largest absolute Gasteiger partial charge is 0.492 e. The molecule has 0 aliphatic heterocycles. The molecule has 30 heavy (non-hydrogen) atoms. The number of hydrazine groups is 1. The summed E-state index contributed by atoms with van der Waals surface area (Å²) in [5.41, 5.74) is 6.21. The number of anilines is 1. The monoisotopic (exact) mass is 469 g/mol. The van der Waals surface area contributed by atoms with Crippen molar-refractivity contribution in [2.75, 3.05) is 18.5 Å². The van der Waals surface area contributed by atoms with E-state index >= 15 is 0 Å². The Labute approximate surface area is 190 Å². The van der Waals surface area contributed by atoms with E-state index in [1.807, 2.05) is 0 Å². The number of esters is 1. The zero-order valence-corrected chi connectivity index (χ0v) is 18.5. The molecule has 0 radical (unpaired) electrons. The van der Waals surface area contributed by atoms with Gasteiger partial charge in [-0.25, -0.2) is 4.79 Å². The average Bonchev–Trinajstić information content (AvgIpc) is 2.71. The van der Waals surface area contributed by atoms with E-state index in [1.54, 1.807) is 49.4 Å². The van der Waals surface area contributed by atoms with Crippen LogP contribution in [-0.2, 0) is 9.53 Å². The first kappa shape index (κ1) is 23.7. The van der Waals surface area contributed by atoms with Crippen LogP contribution in [0.2, 0.25) is 10.0 Å². The molecule has 0 aliphatic rings. The SMILES string of the molecule is CCOC(=O)c1ccc(NC(=S)NNC(=O)CCCOc2ccc(Cl)cc2Cl)cc1. The molecule has 0 unspecified atom stereocenters. The molecule has 0 heterocycles. The Morgan fingerprint density at radius 2 is 1.80 bits per heavy atom. The van der Waals surface area contributed by atoms with E-state index in [-0.39, 0.29) is 23.4 Å². The second-order valence-electron chi connectivity index (χ2n) is 5.95. The van der Waals surface area contributed by atoms with Crippen molar-refractivity contribution in [3.8, 4) is 5.75 Å². The van der Waals surface area contributed by atoms with Crippen LogP contribution in [0.5, 0.6) is 5.75 Å². The van der Waals surface area contributed by atoms with Crippen molar-refractivity contribution in [3.63, 3.8) is 0 Å². The van der Waals surface area contributed by atoms with Gasteiger partial charge in [-0.05, 0) is 68.0 Å². The van der Waals surface area contributed by atoms with Gasteiger partial charge in [0.1, 0.15) is 5.75 Å². The molecular formula is C20H21Cl2N3O4S. The number of thiocarbonyl (C=S) groups is 1. The highest BCUT2D eigenvalue weighted by atomic mass is 35.5. The summed E-state index contributed by atoms with van der Waals surface area (Å²) in [6.07, 6.45) is 0.719. The third-order valence-electron chi connectivity index (χ3n) is 3.67. The summed E-state index contributed by atoms with van der Waals surface area (Å²) in [6, 6.07) is 11.5. The molecule has 2 rings (SSSR count). The van der Waals surface area contributed by atoms with Gasteiger partial charge in [-0.15, -0.1) is 0 Å². The Morgan fingerprint density at radius 3 is 2.47 bits per heavy atom. The number of rotatable bonds is 8. The predicted octanol–water partition coefficient (Wildman–Crippen LogP) is 4.35. The molecule has 0 spiro atoms. The zero-order chi connectivity index (χ0) is 21.9. The Kier molecular flexibility index (Phi) is 9.66. The molecule has 0 saturated carbocycles. The quantitative estimate of drug-likeness (QED) is 0.229. The highest BCUT2D eigenvalue weighted by molar-refractivity contribution is 7.80. The minimum Gasteiger partial charge on any atom is -0.492 e. The number of carbonyl (C=O) groups is 2. The zero-order valence-electron chi connectivity index (χ0n) is 16.2. The van der Waals surface area contributed by atoms with E-state index in [1.165, 1.54) is 0 Å². The Morgan fingerprint density at radius 1 is 1.07 bits per heavy atom. The molecule has 0 aromatic heterocycles. The lowest BCUT2D eigenvalue weighted by Gasteiger charge is -2.12. The number of ether oxygens (including phenoxy) is 2. The minimum atomic E-state index is -0.390. The number of amides is 1. The van der Waals surface area contributed by atoms with Crippen molar-refractivity contribution < 1.29 is 19.1 Å². The summed E-state index contributed by atoms with van der Waals surface area (Å²) in [4.78, 5) is 23.5. The highest BCUT2D eigenvalue weighted by Crippen LogP contribution is 2.27. The minimum absolute atomic E-state index is 0.205. The van der Waals surface area contributed by atoms with Crippen LogP contribution in [-0.4, -0.2) is 30.2 Å². The average molecular weight is 470 g/mol. The van der Waals surface area contributed by atoms with Crippen LogP contribution in [0.3, 0.4) is 0 Å². The van der Waals surface area contributed by atoms with Crippen LogP contribution >= 0.6 is 35.4 Å². The Balaban J connectivity index is 1.65. The normalized spacial score (nSPS) is 10.1. The molecule has 2 aromatic carbocycles. The fraction of sp³-hybridized carbons (Fsp3) is 0.250. The Bertz CT molecular complexity index is 894. The molecule has 0 aliphatic carbocycles. The number of carbonyl (C=O) groups excluding carboxylic acids is 2. The van der Waals surface area contributed by atoms with E-state index in [2.05, 4.69) is 16.2 Å². The topological polar surface area (TPSA) is 88.7 Å². The molecule has 160 valence electrons. The van der Waals surface area contributed by atoms with E-state index in [9.17, 15) is 9.59 Å². The predicted molar refractivity (Wildman–Crippen MR) is 121 cm³/mol. The molecular weight excluding hydrogens is 449 g/mol. The summed E-state index contributed by atoms with van der Waals surface area (Å²) < 4.78 is 10.5. The second-order valence-corrected chi connectivity index (χ2v) is 7.20. The molecule has 10 heteroatoms. The first-order valence-corrected chi connectivity index (χ1v) is 10.3. The van der Waals surface area contributed by atoms with Crippen molar-refractivity contribution in [1.29, 1.82) is 0 Å². The summed E-state index contributed by atoms with van der Waals surface area (Å²) in [7, 11) is 0. The first-order chi connectivity index (χ1) is 14.4. The van der Waals surface area contributed by atoms with Gasteiger partial charge in [0.05, 0.1) is 23.8 Å². The molecule has 0 bridgehead atoms. The van der Waals surface area contributed by atoms with Crippen molar-refractivity contribution in [2.45, 2.75) is 19.8 Å². The van der Waals surface area contributed by atoms with Gasteiger partial charge in [0.15, 0.2) is 5.11 Å². The number of hydrogen-bond acceptors (Lipinski definition) is 5. The van der Waals surface area contributed by atoms with Gasteiger partial charge in [-0.1, -0.05) is 23.2 Å². The smallest absolute Gasteiger partial charge is 0.338 e. The van der Waals surface area contributed by atoms with Crippen LogP contribution < -0.4 is 20.9 Å². The lowest BCUT2D eigenvalue weighted by molar-refractivity contribution is -0.121. The molecule has 0 fully saturated rings. The van der Waals surface area contributed by atoms with Crippen LogP contribution in [0, 0.1) is 0 Å². The van der Waals surface area contributed by atoms with E-state index in [4.69, 9.17) is 44.9 Å². The third-order valence-corrected chi connectivity index (χ3v) is 4.40. The van der Waals surface area contributed by atoms with Crippen LogP contribution in [0.15, 0.2) is 42.5 Å². The fourth-order valence-electron chi connectivity index (χ4n) is 2.26. The lowest BCUT2D eigenvalue weighted by atomic mass is 10.2. The molecule has 7 nitrogen and oxygen atoms in total. The van der Waals surface area contributed by atoms with Gasteiger partial charge in [-0.2, -0.15) is 0 Å². The fourth-order valence-corrected chi connectivity index (χ4v) is 2.89. The Hall–Kier alpha value is -2.55. The molecule has 2 aromatic rings. The maximum absolute atomic E-state index is 11.9. The third kappa shape index (κ3) is 8.06. The highest BCUT2D eigenvalue weighted by Gasteiger charge is 2.07. The van der Waals surface area contributed by atoms with Crippen molar-refractivity contribution in [1.82, 2.24) is 10.9 Å². The molecule has 1 amide bonds. The van der Waals surface area contributed by atoms with Crippen molar-refractivity contribution in [3.05, 3.63) is 58.1 Å². The second kappa shape index (κ2) is 12.2. The number of hydrogen-bond donors (Lipinski definition) is 3. The van der Waals surface area contributed by atoms with Gasteiger partial charge < -0.3 is 14.8 Å². The van der Waals surface area contributed by atoms with Gasteiger partial charge >= 0.3 is 5.97 Å². The maximum atomic E-state index is 11.9. The maximum Gasteiger partial charge on any atom is 0.338 e. The van der Waals surface area contributed by atoms with E-state index in [0.29, 0.717) is 46.7 Å². The number of benzene rings is 2.